The highest BCUT2D eigenvalue weighted by molar-refractivity contribution is 6.36. The Morgan fingerprint density at radius 1 is 1.19 bits per heavy atom. The second kappa shape index (κ2) is 8.48. The molecule has 1 amide bonds. The number of aromatic hydroxyl groups is 1. The average Bonchev–Trinajstić information content (AvgIpc) is 2.63. The van der Waals surface area contributed by atoms with E-state index >= 15 is 0 Å². The fourth-order valence-corrected chi connectivity index (χ4v) is 2.43. The monoisotopic (exact) mass is 392 g/mol. The van der Waals surface area contributed by atoms with E-state index < -0.39 is 5.91 Å². The molecule has 134 valence electrons. The minimum Gasteiger partial charge on any atom is -0.502 e. The van der Waals surface area contributed by atoms with Gasteiger partial charge in [0.05, 0.1) is 24.9 Å². The van der Waals surface area contributed by atoms with Crippen molar-refractivity contribution in [1.29, 1.82) is 5.26 Å². The smallest absolute Gasteiger partial charge is 0.266 e. The maximum Gasteiger partial charge on any atom is 0.266 e. The Bertz CT molecular complexity index is 895. The van der Waals surface area contributed by atoms with Crippen LogP contribution in [-0.4, -0.2) is 25.2 Å². The van der Waals surface area contributed by atoms with Crippen molar-refractivity contribution >= 4 is 40.9 Å². The largest absolute Gasteiger partial charge is 0.502 e. The van der Waals surface area contributed by atoms with Gasteiger partial charge in [0.25, 0.3) is 5.91 Å². The minimum atomic E-state index is -0.664. The lowest BCUT2D eigenvalue weighted by molar-refractivity contribution is -0.112. The highest BCUT2D eigenvalue weighted by Gasteiger charge is 2.15. The molecule has 0 unspecified atom stereocenters. The van der Waals surface area contributed by atoms with E-state index in [1.807, 2.05) is 6.07 Å². The Morgan fingerprint density at radius 3 is 2.35 bits per heavy atom. The molecule has 0 spiro atoms. The second-order valence-corrected chi connectivity index (χ2v) is 5.87. The van der Waals surface area contributed by atoms with Crippen molar-refractivity contribution in [3.63, 3.8) is 0 Å². The highest BCUT2D eigenvalue weighted by atomic mass is 35.5. The van der Waals surface area contributed by atoms with Crippen LogP contribution in [0.3, 0.4) is 0 Å². The predicted molar refractivity (Wildman–Crippen MR) is 99.9 cm³/mol. The van der Waals surface area contributed by atoms with E-state index in [4.69, 9.17) is 32.7 Å². The van der Waals surface area contributed by atoms with E-state index in [0.717, 1.165) is 0 Å². The fraction of sp³-hybridized carbons (Fsp3) is 0.111. The van der Waals surface area contributed by atoms with Gasteiger partial charge < -0.3 is 19.9 Å². The van der Waals surface area contributed by atoms with Crippen LogP contribution in [0, 0.1) is 11.3 Å². The molecule has 0 heterocycles. The third-order valence-corrected chi connectivity index (χ3v) is 3.92. The van der Waals surface area contributed by atoms with E-state index in [9.17, 15) is 15.2 Å². The van der Waals surface area contributed by atoms with Gasteiger partial charge in [-0.3, -0.25) is 4.79 Å². The molecule has 2 rings (SSSR count). The van der Waals surface area contributed by atoms with Crippen LogP contribution in [0.5, 0.6) is 17.2 Å². The number of nitrogens with one attached hydrogen (secondary N) is 1. The molecular formula is C18H14Cl2N2O4. The van der Waals surface area contributed by atoms with Crippen LogP contribution in [0.15, 0.2) is 35.9 Å². The SMILES string of the molecule is COc1cc(/C=C(/C#N)C(=O)Nc2cc(Cl)ccc2Cl)cc(OC)c1O. The van der Waals surface area contributed by atoms with Gasteiger partial charge in [-0.2, -0.15) is 5.26 Å². The molecular weight excluding hydrogens is 379 g/mol. The first-order chi connectivity index (χ1) is 12.4. The third kappa shape index (κ3) is 4.39. The normalized spacial score (nSPS) is 10.8. The maximum absolute atomic E-state index is 12.4. The van der Waals surface area contributed by atoms with Crippen LogP contribution in [0.2, 0.25) is 10.0 Å². The molecule has 26 heavy (non-hydrogen) atoms. The molecule has 0 radical (unpaired) electrons. The molecule has 0 saturated heterocycles. The lowest BCUT2D eigenvalue weighted by Crippen LogP contribution is -2.13. The van der Waals surface area contributed by atoms with Crippen molar-refractivity contribution in [2.75, 3.05) is 19.5 Å². The molecule has 6 nitrogen and oxygen atoms in total. The zero-order valence-electron chi connectivity index (χ0n) is 13.8. The molecule has 0 fully saturated rings. The van der Waals surface area contributed by atoms with Gasteiger partial charge in [-0.05, 0) is 42.0 Å². The number of nitriles is 1. The number of carbonyl (C=O) groups excluding carboxylic acids is 1. The van der Waals surface area contributed by atoms with E-state index in [1.165, 1.54) is 44.6 Å². The molecule has 0 bridgehead atoms. The molecule has 8 heteroatoms. The van der Waals surface area contributed by atoms with E-state index in [2.05, 4.69) is 5.32 Å². The lowest BCUT2D eigenvalue weighted by Gasteiger charge is -2.10. The molecule has 0 aliphatic carbocycles. The van der Waals surface area contributed by atoms with E-state index in [1.54, 1.807) is 6.07 Å². The van der Waals surface area contributed by atoms with Gasteiger partial charge in [-0.1, -0.05) is 23.2 Å². The van der Waals surface area contributed by atoms with Crippen LogP contribution < -0.4 is 14.8 Å². The van der Waals surface area contributed by atoms with Gasteiger partial charge >= 0.3 is 0 Å². The number of phenols is 1. The van der Waals surface area contributed by atoms with Crippen molar-refractivity contribution < 1.29 is 19.4 Å². The molecule has 0 saturated carbocycles. The number of anilines is 1. The summed E-state index contributed by atoms with van der Waals surface area (Å²) in [5.41, 5.74) is 0.530. The van der Waals surface area contributed by atoms with Crippen molar-refractivity contribution in [2.24, 2.45) is 0 Å². The number of benzene rings is 2. The average molecular weight is 393 g/mol. The minimum absolute atomic E-state index is 0.145. The molecule has 0 aromatic heterocycles. The number of halogens is 2. The number of phenolic OH excluding ortho intramolecular Hbond substituents is 1. The number of hydrogen-bond donors (Lipinski definition) is 2. The topological polar surface area (TPSA) is 91.6 Å². The Hall–Kier alpha value is -2.88. The number of methoxy groups -OCH3 is 2. The zero-order valence-corrected chi connectivity index (χ0v) is 15.4. The summed E-state index contributed by atoms with van der Waals surface area (Å²) < 4.78 is 10.1. The summed E-state index contributed by atoms with van der Waals surface area (Å²) in [6.45, 7) is 0. The van der Waals surface area contributed by atoms with Gasteiger partial charge in [-0.15, -0.1) is 0 Å². The van der Waals surface area contributed by atoms with Crippen LogP contribution in [0.1, 0.15) is 5.56 Å². The Kier molecular flexibility index (Phi) is 6.34. The first kappa shape index (κ1) is 19.4. The highest BCUT2D eigenvalue weighted by Crippen LogP contribution is 2.37. The standard InChI is InChI=1S/C18H14Cl2N2O4/c1-25-15-6-10(7-16(26-2)17(15)23)5-11(9-21)18(24)22-14-8-12(19)3-4-13(14)20/h3-8,23H,1-2H3,(H,22,24)/b11-5-. The van der Waals surface area contributed by atoms with Crippen LogP contribution >= 0.6 is 23.2 Å². The Balaban J connectivity index is 2.37. The van der Waals surface area contributed by atoms with E-state index in [0.29, 0.717) is 10.6 Å². The number of nitrogens with zero attached hydrogens (tertiary/aromatic N) is 1. The molecule has 2 aromatic carbocycles. The van der Waals surface area contributed by atoms with Gasteiger partial charge in [0, 0.05) is 5.02 Å². The van der Waals surface area contributed by atoms with Crippen molar-refractivity contribution in [1.82, 2.24) is 0 Å². The van der Waals surface area contributed by atoms with Crippen LogP contribution in [-0.2, 0) is 4.79 Å². The van der Waals surface area contributed by atoms with Crippen LogP contribution in [0.25, 0.3) is 6.08 Å². The molecule has 0 aliphatic heterocycles. The first-order valence-electron chi connectivity index (χ1n) is 7.22. The number of ether oxygens (including phenoxy) is 2. The van der Waals surface area contributed by atoms with Crippen molar-refractivity contribution in [3.05, 3.63) is 51.5 Å². The number of amides is 1. The lowest BCUT2D eigenvalue weighted by atomic mass is 10.1. The van der Waals surface area contributed by atoms with Crippen molar-refractivity contribution in [3.8, 4) is 23.3 Å². The van der Waals surface area contributed by atoms with Gasteiger partial charge in [0.1, 0.15) is 11.6 Å². The molecule has 2 N–H and O–H groups in total. The first-order valence-corrected chi connectivity index (χ1v) is 7.98. The van der Waals surface area contributed by atoms with Gasteiger partial charge in [0.2, 0.25) is 5.75 Å². The number of carbonyl (C=O) groups is 1. The van der Waals surface area contributed by atoms with Gasteiger partial charge in [0.15, 0.2) is 11.5 Å². The second-order valence-electron chi connectivity index (χ2n) is 5.02. The quantitative estimate of drug-likeness (QED) is 0.585. The maximum atomic E-state index is 12.4. The Morgan fingerprint density at radius 2 is 1.81 bits per heavy atom. The third-order valence-electron chi connectivity index (χ3n) is 3.35. The summed E-state index contributed by atoms with van der Waals surface area (Å²) in [5.74, 6) is -0.555. The van der Waals surface area contributed by atoms with Crippen LogP contribution in [0.4, 0.5) is 5.69 Å². The Labute approximate surface area is 160 Å². The van der Waals surface area contributed by atoms with Gasteiger partial charge in [-0.25, -0.2) is 0 Å². The summed E-state index contributed by atoms with van der Waals surface area (Å²) in [6.07, 6.45) is 1.33. The summed E-state index contributed by atoms with van der Waals surface area (Å²) in [4.78, 5) is 12.4. The zero-order chi connectivity index (χ0) is 19.3. The summed E-state index contributed by atoms with van der Waals surface area (Å²) >= 11 is 11.9. The summed E-state index contributed by atoms with van der Waals surface area (Å²) in [6, 6.07) is 9.34. The number of hydrogen-bond acceptors (Lipinski definition) is 5. The molecule has 2 aromatic rings. The molecule has 0 atom stereocenters. The van der Waals surface area contributed by atoms with Crippen molar-refractivity contribution in [2.45, 2.75) is 0 Å². The van der Waals surface area contributed by atoms with E-state index in [-0.39, 0.29) is 33.5 Å². The molecule has 0 aliphatic rings. The predicted octanol–water partition coefficient (Wildman–Crippen LogP) is 4.26. The fourth-order valence-electron chi connectivity index (χ4n) is 2.10. The summed E-state index contributed by atoms with van der Waals surface area (Å²) in [7, 11) is 2.75. The summed E-state index contributed by atoms with van der Waals surface area (Å²) in [5, 5.41) is 22.4. The number of rotatable bonds is 5.